The first kappa shape index (κ1) is 24.9. The fourth-order valence-corrected chi connectivity index (χ4v) is 4.76. The van der Waals surface area contributed by atoms with Crippen molar-refractivity contribution in [3.05, 3.63) is 47.2 Å². The van der Waals surface area contributed by atoms with Gasteiger partial charge in [-0.3, -0.25) is 0 Å². The predicted molar refractivity (Wildman–Crippen MR) is 129 cm³/mol. The highest BCUT2D eigenvalue weighted by atomic mass is 19.4. The molecule has 186 valence electrons. The Kier molecular flexibility index (Phi) is 6.95. The molecular weight excluding hydrogens is 457 g/mol. The Morgan fingerprint density at radius 2 is 2.09 bits per heavy atom. The number of anilines is 2. The Labute approximate surface area is 203 Å². The molecule has 35 heavy (non-hydrogen) atoms. The van der Waals surface area contributed by atoms with Crippen LogP contribution in [-0.2, 0) is 6.42 Å². The van der Waals surface area contributed by atoms with Crippen molar-refractivity contribution >= 4 is 17.3 Å². The summed E-state index contributed by atoms with van der Waals surface area (Å²) < 4.78 is 41.4. The van der Waals surface area contributed by atoms with Gasteiger partial charge in [-0.2, -0.15) is 4.98 Å². The third kappa shape index (κ3) is 6.06. The van der Waals surface area contributed by atoms with E-state index < -0.39 is 6.36 Å². The minimum absolute atomic E-state index is 0.148. The quantitative estimate of drug-likeness (QED) is 0.470. The van der Waals surface area contributed by atoms with Gasteiger partial charge in [-0.05, 0) is 66.4 Å². The molecule has 1 aromatic carbocycles. The number of alkyl halides is 3. The summed E-state index contributed by atoms with van der Waals surface area (Å²) in [6, 6.07) is 4.59. The maximum Gasteiger partial charge on any atom is 0.573 e. The average molecular weight is 487 g/mol. The molecule has 3 N–H and O–H groups in total. The van der Waals surface area contributed by atoms with Gasteiger partial charge in [-0.1, -0.05) is 31.9 Å². The lowest BCUT2D eigenvalue weighted by Gasteiger charge is -2.40. The maximum absolute atomic E-state index is 12.5. The van der Waals surface area contributed by atoms with Crippen LogP contribution in [0.5, 0.6) is 5.75 Å². The first-order chi connectivity index (χ1) is 16.5. The van der Waals surface area contributed by atoms with Crippen LogP contribution in [-0.4, -0.2) is 40.1 Å². The zero-order valence-electron chi connectivity index (χ0n) is 19.7. The van der Waals surface area contributed by atoms with Crippen LogP contribution in [0.25, 0.3) is 5.57 Å². The zero-order valence-corrected chi connectivity index (χ0v) is 19.7. The number of hydrogen-bond donors (Lipinski definition) is 3. The van der Waals surface area contributed by atoms with Crippen LogP contribution in [0, 0.1) is 17.8 Å². The van der Waals surface area contributed by atoms with Crippen LogP contribution in [0.15, 0.2) is 30.5 Å². The van der Waals surface area contributed by atoms with Gasteiger partial charge in [0.1, 0.15) is 11.6 Å². The molecule has 1 heterocycles. The Hall–Kier alpha value is -3.25. The van der Waals surface area contributed by atoms with Gasteiger partial charge in [0.15, 0.2) is 0 Å². The number of terminal acetylenes is 1. The molecule has 0 amide bonds. The van der Waals surface area contributed by atoms with E-state index >= 15 is 0 Å². The molecule has 0 radical (unpaired) electrons. The first-order valence-electron chi connectivity index (χ1n) is 11.6. The Bertz CT molecular complexity index is 1150. The number of nitrogens with zero attached hydrogens (tertiary/aromatic N) is 2. The predicted octanol–water partition coefficient (Wildman–Crippen LogP) is 5.15. The molecule has 9 heteroatoms. The normalized spacial score (nSPS) is 21.0. The van der Waals surface area contributed by atoms with E-state index in [9.17, 15) is 18.3 Å². The molecule has 1 fully saturated rings. The molecule has 2 aliphatic rings. The van der Waals surface area contributed by atoms with Crippen LogP contribution in [0.3, 0.4) is 0 Å². The highest BCUT2D eigenvalue weighted by Gasteiger charge is 2.36. The third-order valence-corrected chi connectivity index (χ3v) is 6.65. The van der Waals surface area contributed by atoms with Gasteiger partial charge in [-0.15, -0.1) is 19.6 Å². The Morgan fingerprint density at radius 1 is 1.29 bits per heavy atom. The van der Waals surface area contributed by atoms with E-state index in [1.807, 2.05) is 6.08 Å². The fraction of sp³-hybridized carbons (Fsp3) is 0.462. The van der Waals surface area contributed by atoms with Crippen molar-refractivity contribution < 1.29 is 23.0 Å². The number of benzene rings is 1. The van der Waals surface area contributed by atoms with Crippen molar-refractivity contribution in [3.8, 4) is 18.1 Å². The van der Waals surface area contributed by atoms with E-state index in [1.165, 1.54) is 12.1 Å². The van der Waals surface area contributed by atoms with Crippen molar-refractivity contribution in [2.45, 2.75) is 64.5 Å². The topological polar surface area (TPSA) is 79.3 Å². The Balaban J connectivity index is 1.36. The number of allylic oxidation sites excluding steroid dienone is 1. The largest absolute Gasteiger partial charge is 0.573 e. The molecule has 0 spiro atoms. The molecular formula is C26H29F3N4O2. The molecule has 2 aromatic rings. The highest BCUT2D eigenvalue weighted by Crippen LogP contribution is 2.37. The standard InChI is InChI=1S/C26H29F3N4O2/c1-4-16-15-31-24(33-23(16)32-19-7-10-22(34)25(2,3)14-19)30-12-11-17-5-6-18-13-20(8-9-21(17)18)35-26(27,28)29/h1,5,8-9,13,15,19,22,34H,6-7,10-12,14H2,2-3H3,(H2,30,31,32,33)/t19-,22+/m1/s1. The number of halogens is 3. The van der Waals surface area contributed by atoms with Gasteiger partial charge in [0.25, 0.3) is 0 Å². The number of ether oxygens (including phenoxy) is 1. The van der Waals surface area contributed by atoms with Crippen molar-refractivity contribution in [2.75, 3.05) is 17.2 Å². The SMILES string of the molecule is C#Cc1cnc(NCCC2=CCc3cc(OC(F)(F)F)ccc32)nc1N[C@@H]1CC[C@H](O)C(C)(C)C1. The molecule has 0 bridgehead atoms. The number of aliphatic hydroxyl groups is 1. The van der Waals surface area contributed by atoms with Crippen LogP contribution in [0.1, 0.15) is 56.2 Å². The zero-order chi connectivity index (χ0) is 25.2. The molecule has 2 aliphatic carbocycles. The summed E-state index contributed by atoms with van der Waals surface area (Å²) in [5, 5.41) is 16.9. The summed E-state index contributed by atoms with van der Waals surface area (Å²) in [7, 11) is 0. The van der Waals surface area contributed by atoms with Crippen LogP contribution >= 0.6 is 0 Å². The molecule has 1 saturated carbocycles. The van der Waals surface area contributed by atoms with Crippen molar-refractivity contribution in [3.63, 3.8) is 0 Å². The first-order valence-corrected chi connectivity index (χ1v) is 11.6. The summed E-state index contributed by atoms with van der Waals surface area (Å²) in [6.07, 6.45) is 7.79. The summed E-state index contributed by atoms with van der Waals surface area (Å²) in [5.41, 5.74) is 3.17. The van der Waals surface area contributed by atoms with E-state index in [1.54, 1.807) is 12.3 Å². The molecule has 2 atom stereocenters. The lowest BCUT2D eigenvalue weighted by atomic mass is 9.73. The van der Waals surface area contributed by atoms with Gasteiger partial charge in [0.2, 0.25) is 5.95 Å². The number of aromatic nitrogens is 2. The summed E-state index contributed by atoms with van der Waals surface area (Å²) >= 11 is 0. The maximum atomic E-state index is 12.5. The van der Waals surface area contributed by atoms with Crippen LogP contribution in [0.2, 0.25) is 0 Å². The molecule has 4 rings (SSSR count). The van der Waals surface area contributed by atoms with Gasteiger partial charge < -0.3 is 20.5 Å². The smallest absolute Gasteiger partial charge is 0.406 e. The van der Waals surface area contributed by atoms with Crippen molar-refractivity contribution in [1.29, 1.82) is 0 Å². The molecule has 0 saturated heterocycles. The van der Waals surface area contributed by atoms with Gasteiger partial charge in [0.05, 0.1) is 17.9 Å². The summed E-state index contributed by atoms with van der Waals surface area (Å²) in [4.78, 5) is 8.89. The molecule has 1 aromatic heterocycles. The van der Waals surface area contributed by atoms with E-state index in [2.05, 4.69) is 45.1 Å². The molecule has 0 aliphatic heterocycles. The van der Waals surface area contributed by atoms with E-state index in [0.29, 0.717) is 43.1 Å². The minimum atomic E-state index is -4.70. The minimum Gasteiger partial charge on any atom is -0.406 e. The fourth-order valence-electron chi connectivity index (χ4n) is 4.76. The number of fused-ring (bicyclic) bond motifs is 1. The van der Waals surface area contributed by atoms with Crippen molar-refractivity contribution in [2.24, 2.45) is 5.41 Å². The van der Waals surface area contributed by atoms with Gasteiger partial charge in [0, 0.05) is 12.6 Å². The second-order valence-electron chi connectivity index (χ2n) is 9.70. The lowest BCUT2D eigenvalue weighted by molar-refractivity contribution is -0.274. The van der Waals surface area contributed by atoms with Crippen LogP contribution < -0.4 is 15.4 Å². The van der Waals surface area contributed by atoms with Gasteiger partial charge in [-0.25, -0.2) is 4.98 Å². The molecule has 6 nitrogen and oxygen atoms in total. The monoisotopic (exact) mass is 486 g/mol. The number of hydrogen-bond acceptors (Lipinski definition) is 6. The van der Waals surface area contributed by atoms with E-state index in [4.69, 9.17) is 6.42 Å². The van der Waals surface area contributed by atoms with Gasteiger partial charge >= 0.3 is 6.36 Å². The van der Waals surface area contributed by atoms with Crippen LogP contribution in [0.4, 0.5) is 24.9 Å². The third-order valence-electron chi connectivity index (χ3n) is 6.65. The second-order valence-corrected chi connectivity index (χ2v) is 9.70. The highest BCUT2D eigenvalue weighted by molar-refractivity contribution is 5.74. The average Bonchev–Trinajstić information content (AvgIpc) is 3.17. The number of aliphatic hydroxyl groups excluding tert-OH is 1. The number of nitrogens with one attached hydrogen (secondary N) is 2. The van der Waals surface area contributed by atoms with E-state index in [-0.39, 0.29) is 23.3 Å². The summed E-state index contributed by atoms with van der Waals surface area (Å²) in [5.74, 6) is 3.44. The van der Waals surface area contributed by atoms with Crippen molar-refractivity contribution in [1.82, 2.24) is 9.97 Å². The summed E-state index contributed by atoms with van der Waals surface area (Å²) in [6.45, 7) is 4.66. The second kappa shape index (κ2) is 9.78. The van der Waals surface area contributed by atoms with E-state index in [0.717, 1.165) is 29.5 Å². The molecule has 0 unspecified atom stereocenters. The number of rotatable bonds is 7. The Morgan fingerprint density at radius 3 is 2.80 bits per heavy atom. The lowest BCUT2D eigenvalue weighted by Crippen LogP contribution is -2.41.